The molecule has 1 N–H and O–H groups in total. The SMILES string of the molecule is COC[C@](C)(NC(=O)OC(C)(C)C)C(=O)OC. The lowest BCUT2D eigenvalue weighted by atomic mass is 10.1. The summed E-state index contributed by atoms with van der Waals surface area (Å²) >= 11 is 0. The van der Waals surface area contributed by atoms with Crippen LogP contribution in [0.2, 0.25) is 0 Å². The van der Waals surface area contributed by atoms with E-state index < -0.39 is 23.2 Å². The molecule has 1 amide bonds. The second-order valence-corrected chi connectivity index (χ2v) is 4.88. The molecule has 0 aliphatic heterocycles. The van der Waals surface area contributed by atoms with E-state index in [1.54, 1.807) is 20.8 Å². The Kier molecular flexibility index (Phi) is 5.41. The van der Waals surface area contributed by atoms with Gasteiger partial charge in [0.1, 0.15) is 5.60 Å². The molecule has 0 aromatic carbocycles. The van der Waals surface area contributed by atoms with E-state index in [1.165, 1.54) is 21.1 Å². The van der Waals surface area contributed by atoms with Gasteiger partial charge in [0.25, 0.3) is 0 Å². The lowest BCUT2D eigenvalue weighted by Crippen LogP contribution is -2.56. The van der Waals surface area contributed by atoms with E-state index in [0.29, 0.717) is 0 Å². The van der Waals surface area contributed by atoms with Crippen LogP contribution in [0.5, 0.6) is 0 Å². The van der Waals surface area contributed by atoms with Gasteiger partial charge in [0.2, 0.25) is 0 Å². The lowest BCUT2D eigenvalue weighted by molar-refractivity contribution is -0.150. The van der Waals surface area contributed by atoms with Gasteiger partial charge >= 0.3 is 12.1 Å². The number of hydrogen-bond acceptors (Lipinski definition) is 5. The van der Waals surface area contributed by atoms with Crippen LogP contribution in [0.1, 0.15) is 27.7 Å². The van der Waals surface area contributed by atoms with E-state index in [9.17, 15) is 9.59 Å². The Hall–Kier alpha value is -1.30. The van der Waals surface area contributed by atoms with Gasteiger partial charge < -0.3 is 19.5 Å². The topological polar surface area (TPSA) is 73.9 Å². The fraction of sp³-hybridized carbons (Fsp3) is 0.818. The smallest absolute Gasteiger partial charge is 0.408 e. The molecule has 0 aliphatic rings. The number of esters is 1. The molecule has 0 saturated heterocycles. The molecule has 0 radical (unpaired) electrons. The first-order chi connectivity index (χ1) is 7.64. The van der Waals surface area contributed by atoms with Crippen LogP contribution in [0.25, 0.3) is 0 Å². The predicted octanol–water partition coefficient (Wildman–Crippen LogP) is 1.09. The van der Waals surface area contributed by atoms with Gasteiger partial charge in [-0.05, 0) is 27.7 Å². The Morgan fingerprint density at radius 2 is 1.65 bits per heavy atom. The maximum Gasteiger partial charge on any atom is 0.408 e. The van der Waals surface area contributed by atoms with Crippen LogP contribution < -0.4 is 5.32 Å². The third kappa shape index (κ3) is 5.53. The Labute approximate surface area is 102 Å². The standard InChI is InChI=1S/C11H21NO5/c1-10(2,3)17-9(14)12-11(4,7-15-5)8(13)16-6/h7H2,1-6H3,(H,12,14)/t11-/m0/s1. The summed E-state index contributed by atoms with van der Waals surface area (Å²) in [6, 6.07) is 0. The van der Waals surface area contributed by atoms with Crippen molar-refractivity contribution in [2.24, 2.45) is 0 Å². The minimum absolute atomic E-state index is 0.00108. The monoisotopic (exact) mass is 247 g/mol. The summed E-state index contributed by atoms with van der Waals surface area (Å²) in [4.78, 5) is 23.1. The molecule has 0 aromatic rings. The summed E-state index contributed by atoms with van der Waals surface area (Å²) in [5.74, 6) is -0.592. The molecule has 0 heterocycles. The zero-order chi connectivity index (χ0) is 13.7. The van der Waals surface area contributed by atoms with E-state index >= 15 is 0 Å². The van der Waals surface area contributed by atoms with Gasteiger partial charge in [-0.25, -0.2) is 9.59 Å². The van der Waals surface area contributed by atoms with Gasteiger partial charge in [-0.3, -0.25) is 0 Å². The van der Waals surface area contributed by atoms with Crippen LogP contribution in [0, 0.1) is 0 Å². The number of ether oxygens (including phenoxy) is 3. The maximum atomic E-state index is 11.6. The van der Waals surface area contributed by atoms with Gasteiger partial charge in [-0.1, -0.05) is 0 Å². The quantitative estimate of drug-likeness (QED) is 0.753. The second-order valence-electron chi connectivity index (χ2n) is 4.88. The molecule has 6 heteroatoms. The van der Waals surface area contributed by atoms with Crippen molar-refractivity contribution in [2.75, 3.05) is 20.8 Å². The van der Waals surface area contributed by atoms with Crippen LogP contribution in [0.4, 0.5) is 4.79 Å². The molecule has 0 aliphatic carbocycles. The average Bonchev–Trinajstić information content (AvgIpc) is 2.13. The summed E-state index contributed by atoms with van der Waals surface area (Å²) in [5.41, 5.74) is -1.89. The summed E-state index contributed by atoms with van der Waals surface area (Å²) in [6.45, 7) is 6.71. The van der Waals surface area contributed by atoms with Crippen molar-refractivity contribution >= 4 is 12.1 Å². The van der Waals surface area contributed by atoms with Crippen molar-refractivity contribution in [3.05, 3.63) is 0 Å². The van der Waals surface area contributed by atoms with Crippen LogP contribution in [-0.2, 0) is 19.0 Å². The molecule has 0 fully saturated rings. The molecular weight excluding hydrogens is 226 g/mol. The van der Waals surface area contributed by atoms with Crippen molar-refractivity contribution in [3.63, 3.8) is 0 Å². The molecule has 0 spiro atoms. The first-order valence-electron chi connectivity index (χ1n) is 5.23. The highest BCUT2D eigenvalue weighted by atomic mass is 16.6. The molecule has 0 aromatic heterocycles. The van der Waals surface area contributed by atoms with Gasteiger partial charge in [0, 0.05) is 7.11 Å². The number of amides is 1. The van der Waals surface area contributed by atoms with E-state index in [2.05, 4.69) is 10.1 Å². The highest BCUT2D eigenvalue weighted by Gasteiger charge is 2.37. The van der Waals surface area contributed by atoms with E-state index in [1.807, 2.05) is 0 Å². The largest absolute Gasteiger partial charge is 0.467 e. The highest BCUT2D eigenvalue weighted by molar-refractivity contribution is 5.85. The Morgan fingerprint density at radius 1 is 1.12 bits per heavy atom. The number of methoxy groups -OCH3 is 2. The summed E-state index contributed by atoms with van der Waals surface area (Å²) < 4.78 is 14.6. The summed E-state index contributed by atoms with van der Waals surface area (Å²) in [5, 5.41) is 2.44. The van der Waals surface area contributed by atoms with E-state index in [4.69, 9.17) is 9.47 Å². The zero-order valence-electron chi connectivity index (χ0n) is 11.2. The van der Waals surface area contributed by atoms with Gasteiger partial charge in [0.05, 0.1) is 13.7 Å². The molecule has 0 bridgehead atoms. The third-order valence-corrected chi connectivity index (χ3v) is 1.85. The van der Waals surface area contributed by atoms with Gasteiger partial charge in [-0.15, -0.1) is 0 Å². The molecule has 1 atom stereocenters. The van der Waals surface area contributed by atoms with Crippen molar-refractivity contribution < 1.29 is 23.8 Å². The number of carbonyl (C=O) groups excluding carboxylic acids is 2. The second kappa shape index (κ2) is 5.86. The lowest BCUT2D eigenvalue weighted by Gasteiger charge is -2.28. The van der Waals surface area contributed by atoms with Crippen LogP contribution in [-0.4, -0.2) is 44.0 Å². The normalized spacial score (nSPS) is 14.7. The predicted molar refractivity (Wildman–Crippen MR) is 61.7 cm³/mol. The van der Waals surface area contributed by atoms with E-state index in [0.717, 1.165) is 0 Å². The third-order valence-electron chi connectivity index (χ3n) is 1.85. The molecule has 0 unspecified atom stereocenters. The minimum Gasteiger partial charge on any atom is -0.467 e. The van der Waals surface area contributed by atoms with Crippen molar-refractivity contribution in [3.8, 4) is 0 Å². The van der Waals surface area contributed by atoms with Crippen LogP contribution >= 0.6 is 0 Å². The Morgan fingerprint density at radius 3 is 2.00 bits per heavy atom. The first-order valence-corrected chi connectivity index (χ1v) is 5.23. The Balaban J connectivity index is 4.66. The molecule has 17 heavy (non-hydrogen) atoms. The zero-order valence-corrected chi connectivity index (χ0v) is 11.2. The number of hydrogen-bond donors (Lipinski definition) is 1. The first kappa shape index (κ1) is 15.7. The average molecular weight is 247 g/mol. The fourth-order valence-electron chi connectivity index (χ4n) is 1.19. The van der Waals surface area contributed by atoms with Crippen molar-refractivity contribution in [1.29, 1.82) is 0 Å². The number of alkyl carbamates (subject to hydrolysis) is 1. The number of rotatable bonds is 4. The molecule has 6 nitrogen and oxygen atoms in total. The summed E-state index contributed by atoms with van der Waals surface area (Å²) in [7, 11) is 2.67. The van der Waals surface area contributed by atoms with Gasteiger partial charge in [-0.2, -0.15) is 0 Å². The fourth-order valence-corrected chi connectivity index (χ4v) is 1.19. The molecule has 0 saturated carbocycles. The van der Waals surface area contributed by atoms with Crippen molar-refractivity contribution in [1.82, 2.24) is 5.32 Å². The molecule has 100 valence electrons. The van der Waals surface area contributed by atoms with Crippen molar-refractivity contribution in [2.45, 2.75) is 38.8 Å². The summed E-state index contributed by atoms with van der Waals surface area (Å²) in [6.07, 6.45) is -0.692. The molecular formula is C11H21NO5. The number of carbonyl (C=O) groups is 2. The molecule has 0 rings (SSSR count). The number of nitrogens with one attached hydrogen (secondary N) is 1. The van der Waals surface area contributed by atoms with E-state index in [-0.39, 0.29) is 6.61 Å². The Bertz CT molecular complexity index is 284. The van der Waals surface area contributed by atoms with Crippen LogP contribution in [0.3, 0.4) is 0 Å². The maximum absolute atomic E-state index is 11.6. The van der Waals surface area contributed by atoms with Gasteiger partial charge in [0.15, 0.2) is 5.54 Å². The minimum atomic E-state index is -1.26. The van der Waals surface area contributed by atoms with Crippen LogP contribution in [0.15, 0.2) is 0 Å². The highest BCUT2D eigenvalue weighted by Crippen LogP contribution is 2.11.